The number of nitrogens with one attached hydrogen (secondary N) is 1. The van der Waals surface area contributed by atoms with E-state index in [4.69, 9.17) is 21.7 Å². The summed E-state index contributed by atoms with van der Waals surface area (Å²) in [7, 11) is 0. The SMILES string of the molecule is Cc1cccc(NC(=O)COc2cccc(/C=C3\SC(=S)N(c4ccc(Oc5ccccc5)cc4)C3=O)c2)c1C. The number of anilines is 2. The minimum atomic E-state index is -0.250. The lowest BCUT2D eigenvalue weighted by molar-refractivity contribution is -0.118. The maximum absolute atomic E-state index is 13.3. The molecule has 4 aromatic rings. The molecule has 0 bridgehead atoms. The molecule has 8 heteroatoms. The molecule has 1 aliphatic heterocycles. The minimum absolute atomic E-state index is 0.136. The topological polar surface area (TPSA) is 67.9 Å². The van der Waals surface area contributed by atoms with Gasteiger partial charge in [-0.15, -0.1) is 0 Å². The number of carbonyl (C=O) groups excluding carboxylic acids is 2. The second kappa shape index (κ2) is 12.2. The molecule has 0 radical (unpaired) electrons. The molecular weight excluding hydrogens is 540 g/mol. The van der Waals surface area contributed by atoms with Gasteiger partial charge in [-0.25, -0.2) is 0 Å². The summed E-state index contributed by atoms with van der Waals surface area (Å²) in [6, 6.07) is 29.7. The zero-order chi connectivity index (χ0) is 28.1. The van der Waals surface area contributed by atoms with Crippen LogP contribution in [0.15, 0.2) is 102 Å². The van der Waals surface area contributed by atoms with Crippen LogP contribution in [0.1, 0.15) is 16.7 Å². The average molecular weight is 567 g/mol. The van der Waals surface area contributed by atoms with Crippen molar-refractivity contribution in [2.45, 2.75) is 13.8 Å². The normalized spacial score (nSPS) is 13.9. The number of thioether (sulfide) groups is 1. The molecule has 4 aromatic carbocycles. The molecule has 0 spiro atoms. The highest BCUT2D eigenvalue weighted by atomic mass is 32.2. The molecular formula is C32H26N2O4S2. The van der Waals surface area contributed by atoms with Gasteiger partial charge in [0.15, 0.2) is 10.9 Å². The van der Waals surface area contributed by atoms with E-state index in [1.54, 1.807) is 18.2 Å². The average Bonchev–Trinajstić information content (AvgIpc) is 3.23. The summed E-state index contributed by atoms with van der Waals surface area (Å²) in [5, 5.41) is 2.89. The second-order valence-electron chi connectivity index (χ2n) is 9.08. The third-order valence-corrected chi connectivity index (χ3v) is 7.57. The van der Waals surface area contributed by atoms with E-state index in [0.717, 1.165) is 28.1 Å². The standard InChI is InChI=1S/C32H26N2O4S2/c1-21-8-6-13-28(22(21)2)33-30(35)20-37-27-12-7-9-23(18-27)19-29-31(36)34(32(39)40-29)24-14-16-26(17-15-24)38-25-10-4-3-5-11-25/h3-19H,20H2,1-2H3,(H,33,35)/b29-19-. The van der Waals surface area contributed by atoms with Crippen LogP contribution in [0.3, 0.4) is 0 Å². The predicted octanol–water partition coefficient (Wildman–Crippen LogP) is 7.52. The lowest BCUT2D eigenvalue weighted by Crippen LogP contribution is -2.27. The van der Waals surface area contributed by atoms with Crippen molar-refractivity contribution in [3.63, 3.8) is 0 Å². The van der Waals surface area contributed by atoms with Crippen LogP contribution in [0.2, 0.25) is 0 Å². The molecule has 6 nitrogen and oxygen atoms in total. The predicted molar refractivity (Wildman–Crippen MR) is 165 cm³/mol. The van der Waals surface area contributed by atoms with Crippen molar-refractivity contribution in [1.29, 1.82) is 0 Å². The van der Waals surface area contributed by atoms with Crippen LogP contribution in [0.4, 0.5) is 11.4 Å². The highest BCUT2D eigenvalue weighted by molar-refractivity contribution is 8.27. The van der Waals surface area contributed by atoms with Crippen LogP contribution in [-0.2, 0) is 9.59 Å². The summed E-state index contributed by atoms with van der Waals surface area (Å²) in [5.74, 6) is 1.47. The Kier molecular flexibility index (Phi) is 8.28. The van der Waals surface area contributed by atoms with Crippen molar-refractivity contribution in [1.82, 2.24) is 0 Å². The minimum Gasteiger partial charge on any atom is -0.484 e. The number of hydrogen-bond donors (Lipinski definition) is 1. The third-order valence-electron chi connectivity index (χ3n) is 6.27. The molecule has 0 aliphatic carbocycles. The molecule has 0 aromatic heterocycles. The second-order valence-corrected chi connectivity index (χ2v) is 10.8. The van der Waals surface area contributed by atoms with Crippen LogP contribution in [-0.4, -0.2) is 22.7 Å². The summed E-state index contributed by atoms with van der Waals surface area (Å²) < 4.78 is 12.0. The van der Waals surface area contributed by atoms with Gasteiger partial charge < -0.3 is 14.8 Å². The fourth-order valence-electron chi connectivity index (χ4n) is 4.05. The maximum atomic E-state index is 13.3. The van der Waals surface area contributed by atoms with Crippen molar-refractivity contribution >= 4 is 57.6 Å². The Bertz CT molecular complexity index is 1600. The highest BCUT2D eigenvalue weighted by Crippen LogP contribution is 2.37. The Morgan fingerprint density at radius 1 is 0.900 bits per heavy atom. The number of ether oxygens (including phenoxy) is 2. The number of para-hydroxylation sites is 1. The Balaban J connectivity index is 1.22. The molecule has 0 saturated carbocycles. The van der Waals surface area contributed by atoms with Crippen molar-refractivity contribution in [2.75, 3.05) is 16.8 Å². The van der Waals surface area contributed by atoms with Gasteiger partial charge >= 0.3 is 0 Å². The molecule has 5 rings (SSSR count). The van der Waals surface area contributed by atoms with Gasteiger partial charge in [-0.05, 0) is 91.2 Å². The molecule has 2 amide bonds. The molecule has 1 saturated heterocycles. The van der Waals surface area contributed by atoms with E-state index in [-0.39, 0.29) is 18.4 Å². The Hall–Kier alpha value is -4.40. The first-order valence-corrected chi connectivity index (χ1v) is 13.8. The first-order valence-electron chi connectivity index (χ1n) is 12.6. The molecule has 1 aliphatic rings. The van der Waals surface area contributed by atoms with Crippen LogP contribution in [0, 0.1) is 13.8 Å². The first kappa shape index (κ1) is 27.2. The van der Waals surface area contributed by atoms with Crippen LogP contribution < -0.4 is 19.7 Å². The van der Waals surface area contributed by atoms with Crippen molar-refractivity contribution < 1.29 is 19.1 Å². The lowest BCUT2D eigenvalue weighted by Gasteiger charge is -2.15. The van der Waals surface area contributed by atoms with E-state index in [1.165, 1.54) is 16.7 Å². The Morgan fingerprint density at radius 2 is 1.60 bits per heavy atom. The van der Waals surface area contributed by atoms with Gasteiger partial charge in [0.25, 0.3) is 11.8 Å². The van der Waals surface area contributed by atoms with Gasteiger partial charge in [-0.3, -0.25) is 14.5 Å². The third kappa shape index (κ3) is 6.42. The summed E-state index contributed by atoms with van der Waals surface area (Å²) in [6.07, 6.45) is 1.77. The van der Waals surface area contributed by atoms with E-state index in [0.29, 0.717) is 26.4 Å². The molecule has 40 heavy (non-hydrogen) atoms. The number of hydrogen-bond acceptors (Lipinski definition) is 6. The smallest absolute Gasteiger partial charge is 0.270 e. The summed E-state index contributed by atoms with van der Waals surface area (Å²) in [4.78, 5) is 27.7. The molecule has 200 valence electrons. The molecule has 1 N–H and O–H groups in total. The van der Waals surface area contributed by atoms with Gasteiger partial charge in [-0.1, -0.05) is 66.4 Å². The fraction of sp³-hybridized carbons (Fsp3) is 0.0938. The number of aryl methyl sites for hydroxylation is 1. The first-order chi connectivity index (χ1) is 19.4. The fourth-order valence-corrected chi connectivity index (χ4v) is 5.34. The molecule has 1 fully saturated rings. The quantitative estimate of drug-likeness (QED) is 0.176. The number of thiocarbonyl (C=S) groups is 1. The summed E-state index contributed by atoms with van der Waals surface area (Å²) >= 11 is 6.76. The Labute approximate surface area is 242 Å². The van der Waals surface area contributed by atoms with Crippen molar-refractivity contribution in [2.24, 2.45) is 0 Å². The summed E-state index contributed by atoms with van der Waals surface area (Å²) in [6.45, 7) is 3.83. The van der Waals surface area contributed by atoms with Gasteiger partial charge in [0, 0.05) is 5.69 Å². The van der Waals surface area contributed by atoms with Gasteiger partial charge in [0.2, 0.25) is 0 Å². The van der Waals surface area contributed by atoms with Crippen molar-refractivity contribution in [3.8, 4) is 17.2 Å². The van der Waals surface area contributed by atoms with Gasteiger partial charge in [0.1, 0.15) is 17.2 Å². The van der Waals surface area contributed by atoms with Crippen LogP contribution in [0.5, 0.6) is 17.2 Å². The van der Waals surface area contributed by atoms with Crippen molar-refractivity contribution in [3.05, 3.63) is 119 Å². The number of benzene rings is 4. The monoisotopic (exact) mass is 566 g/mol. The molecule has 1 heterocycles. The zero-order valence-corrected chi connectivity index (χ0v) is 23.6. The van der Waals surface area contributed by atoms with Crippen LogP contribution in [0.25, 0.3) is 6.08 Å². The van der Waals surface area contributed by atoms with E-state index in [1.807, 2.05) is 98.8 Å². The van der Waals surface area contributed by atoms with Gasteiger partial charge in [-0.2, -0.15) is 0 Å². The Morgan fingerprint density at radius 3 is 2.38 bits per heavy atom. The number of amides is 2. The maximum Gasteiger partial charge on any atom is 0.270 e. The number of carbonyl (C=O) groups is 2. The zero-order valence-electron chi connectivity index (χ0n) is 21.9. The van der Waals surface area contributed by atoms with E-state index in [2.05, 4.69) is 5.32 Å². The molecule has 0 unspecified atom stereocenters. The number of nitrogens with zero attached hydrogens (tertiary/aromatic N) is 1. The van der Waals surface area contributed by atoms with Crippen LogP contribution >= 0.6 is 24.0 Å². The number of rotatable bonds is 8. The molecule has 0 atom stereocenters. The van der Waals surface area contributed by atoms with E-state index < -0.39 is 0 Å². The van der Waals surface area contributed by atoms with E-state index >= 15 is 0 Å². The van der Waals surface area contributed by atoms with Gasteiger partial charge in [0.05, 0.1) is 10.6 Å². The highest BCUT2D eigenvalue weighted by Gasteiger charge is 2.33. The largest absolute Gasteiger partial charge is 0.484 e. The van der Waals surface area contributed by atoms with E-state index in [9.17, 15) is 9.59 Å². The lowest BCUT2D eigenvalue weighted by atomic mass is 10.1. The summed E-state index contributed by atoms with van der Waals surface area (Å²) in [5.41, 5.74) is 4.32.